The molecule has 0 spiro atoms. The number of anilines is 2. The Kier molecular flexibility index (Phi) is 5.35. The van der Waals surface area contributed by atoms with Crippen LogP contribution in [0.3, 0.4) is 0 Å². The average molecular weight is 411 g/mol. The molecule has 8 heteroatoms. The Morgan fingerprint density at radius 3 is 2.83 bits per heavy atom. The normalized spacial score (nSPS) is 16.1. The van der Waals surface area contributed by atoms with Crippen molar-refractivity contribution in [1.82, 2.24) is 4.98 Å². The molecule has 1 atom stereocenters. The molecule has 1 N–H and O–H groups in total. The molecule has 4 rings (SSSR count). The van der Waals surface area contributed by atoms with Crippen molar-refractivity contribution in [2.24, 2.45) is 0 Å². The molecule has 2 amide bonds. The number of oxazole rings is 1. The highest BCUT2D eigenvalue weighted by Crippen LogP contribution is 2.32. The standard InChI is InChI=1S/C21H18FN3O3S/c1-13-10-19(26)24-16-4-2-3-5-17(16)25(13)20(27)12-29-21-23-11-18(28-21)14-6-8-15(22)9-7-14/h2-9,11,13H,10,12H2,1H3,(H,24,26). The fourth-order valence-corrected chi connectivity index (χ4v) is 3.90. The van der Waals surface area contributed by atoms with Crippen LogP contribution in [0.4, 0.5) is 15.8 Å². The Balaban J connectivity index is 1.48. The van der Waals surface area contributed by atoms with Gasteiger partial charge in [0, 0.05) is 18.0 Å². The molecule has 0 fully saturated rings. The topological polar surface area (TPSA) is 75.4 Å². The maximum absolute atomic E-state index is 13.1. The number of amides is 2. The van der Waals surface area contributed by atoms with Gasteiger partial charge in [-0.3, -0.25) is 9.59 Å². The summed E-state index contributed by atoms with van der Waals surface area (Å²) in [6.07, 6.45) is 1.77. The lowest BCUT2D eigenvalue weighted by Crippen LogP contribution is -2.40. The maximum atomic E-state index is 13.1. The third-order valence-corrected chi connectivity index (χ3v) is 5.39. The van der Waals surface area contributed by atoms with Gasteiger partial charge in [0.25, 0.3) is 5.22 Å². The lowest BCUT2D eigenvalue weighted by Gasteiger charge is -2.27. The Labute approximate surface area is 171 Å². The van der Waals surface area contributed by atoms with E-state index < -0.39 is 0 Å². The second-order valence-corrected chi connectivity index (χ2v) is 7.59. The van der Waals surface area contributed by atoms with Crippen LogP contribution in [0.15, 0.2) is 64.4 Å². The highest BCUT2D eigenvalue weighted by atomic mass is 32.2. The van der Waals surface area contributed by atoms with E-state index in [-0.39, 0.29) is 35.8 Å². The zero-order chi connectivity index (χ0) is 20.4. The molecule has 3 aromatic rings. The number of carbonyl (C=O) groups is 2. The largest absolute Gasteiger partial charge is 0.431 e. The number of halogens is 1. The smallest absolute Gasteiger partial charge is 0.256 e. The number of benzene rings is 2. The van der Waals surface area contributed by atoms with Crippen molar-refractivity contribution in [1.29, 1.82) is 0 Å². The minimum atomic E-state index is -0.326. The molecule has 1 unspecified atom stereocenters. The summed E-state index contributed by atoms with van der Waals surface area (Å²) in [5, 5.41) is 3.19. The second-order valence-electron chi connectivity index (χ2n) is 6.67. The molecule has 6 nitrogen and oxygen atoms in total. The molecule has 2 aromatic carbocycles. The molecule has 0 saturated carbocycles. The van der Waals surface area contributed by atoms with E-state index in [1.807, 2.05) is 25.1 Å². The predicted octanol–water partition coefficient (Wildman–Crippen LogP) is 4.34. The van der Waals surface area contributed by atoms with Crippen LogP contribution in [-0.2, 0) is 9.59 Å². The van der Waals surface area contributed by atoms with Crippen molar-refractivity contribution in [3.8, 4) is 11.3 Å². The van der Waals surface area contributed by atoms with Gasteiger partial charge in [0.05, 0.1) is 23.3 Å². The van der Waals surface area contributed by atoms with E-state index in [0.717, 1.165) is 0 Å². The van der Waals surface area contributed by atoms with Crippen LogP contribution >= 0.6 is 11.8 Å². The van der Waals surface area contributed by atoms with Crippen LogP contribution in [0.25, 0.3) is 11.3 Å². The van der Waals surface area contributed by atoms with Gasteiger partial charge in [-0.1, -0.05) is 23.9 Å². The number of aromatic nitrogens is 1. The average Bonchev–Trinajstić information content (AvgIpc) is 3.12. The number of fused-ring (bicyclic) bond motifs is 1. The zero-order valence-corrected chi connectivity index (χ0v) is 16.4. The summed E-state index contributed by atoms with van der Waals surface area (Å²) in [5.41, 5.74) is 2.00. The van der Waals surface area contributed by atoms with Gasteiger partial charge in [-0.25, -0.2) is 9.37 Å². The van der Waals surface area contributed by atoms with Crippen molar-refractivity contribution < 1.29 is 18.4 Å². The van der Waals surface area contributed by atoms with E-state index in [1.54, 1.807) is 29.3 Å². The first-order chi connectivity index (χ1) is 14.0. The molecule has 1 aliphatic heterocycles. The Bertz CT molecular complexity index is 1050. The highest BCUT2D eigenvalue weighted by molar-refractivity contribution is 7.99. The zero-order valence-electron chi connectivity index (χ0n) is 15.6. The minimum Gasteiger partial charge on any atom is -0.431 e. The first-order valence-corrected chi connectivity index (χ1v) is 10.1. The van der Waals surface area contributed by atoms with E-state index in [4.69, 9.17) is 4.42 Å². The summed E-state index contributed by atoms with van der Waals surface area (Å²) in [4.78, 5) is 30.9. The number of hydrogen-bond donors (Lipinski definition) is 1. The molecule has 29 heavy (non-hydrogen) atoms. The van der Waals surface area contributed by atoms with E-state index in [2.05, 4.69) is 10.3 Å². The van der Waals surface area contributed by atoms with Crippen molar-refractivity contribution in [2.75, 3.05) is 16.0 Å². The van der Waals surface area contributed by atoms with Crippen molar-refractivity contribution in [3.05, 3.63) is 60.5 Å². The number of carbonyl (C=O) groups excluding carboxylic acids is 2. The molecular weight excluding hydrogens is 393 g/mol. The van der Waals surface area contributed by atoms with Crippen LogP contribution in [-0.4, -0.2) is 28.6 Å². The Hall–Kier alpha value is -3.13. The molecule has 0 bridgehead atoms. The third kappa shape index (κ3) is 4.17. The summed E-state index contributed by atoms with van der Waals surface area (Å²) < 4.78 is 18.7. The summed E-state index contributed by atoms with van der Waals surface area (Å²) >= 11 is 1.18. The van der Waals surface area contributed by atoms with E-state index in [9.17, 15) is 14.0 Å². The third-order valence-electron chi connectivity index (χ3n) is 4.56. The number of nitrogens with zero attached hydrogens (tertiary/aromatic N) is 2. The van der Waals surface area contributed by atoms with Crippen LogP contribution in [0.5, 0.6) is 0 Å². The maximum Gasteiger partial charge on any atom is 0.256 e. The minimum absolute atomic E-state index is 0.107. The molecule has 0 saturated heterocycles. The van der Waals surface area contributed by atoms with Crippen molar-refractivity contribution in [3.63, 3.8) is 0 Å². The molecule has 0 aliphatic carbocycles. The molecular formula is C21H18FN3O3S. The highest BCUT2D eigenvalue weighted by Gasteiger charge is 2.29. The van der Waals surface area contributed by atoms with Crippen molar-refractivity contribution in [2.45, 2.75) is 24.6 Å². The van der Waals surface area contributed by atoms with Gasteiger partial charge in [-0.05, 0) is 43.3 Å². The van der Waals surface area contributed by atoms with Crippen LogP contribution < -0.4 is 10.2 Å². The van der Waals surface area contributed by atoms with Gasteiger partial charge >= 0.3 is 0 Å². The molecule has 1 aliphatic rings. The SMILES string of the molecule is CC1CC(=O)Nc2ccccc2N1C(=O)CSc1ncc(-c2ccc(F)cc2)o1. The lowest BCUT2D eigenvalue weighted by molar-refractivity contribution is -0.117. The summed E-state index contributed by atoms with van der Waals surface area (Å²) in [7, 11) is 0. The van der Waals surface area contributed by atoms with Gasteiger partial charge in [0.2, 0.25) is 11.8 Å². The van der Waals surface area contributed by atoms with Crippen LogP contribution in [0.1, 0.15) is 13.3 Å². The lowest BCUT2D eigenvalue weighted by atomic mass is 10.2. The van der Waals surface area contributed by atoms with Crippen molar-refractivity contribution >= 4 is 35.0 Å². The van der Waals surface area contributed by atoms with Gasteiger partial charge in [-0.15, -0.1) is 0 Å². The summed E-state index contributed by atoms with van der Waals surface area (Å²) in [6.45, 7) is 1.85. The number of rotatable bonds is 4. The van der Waals surface area contributed by atoms with E-state index in [0.29, 0.717) is 27.9 Å². The molecule has 1 aromatic heterocycles. The first-order valence-electron chi connectivity index (χ1n) is 9.07. The number of nitrogens with one attached hydrogen (secondary N) is 1. The fraction of sp³-hybridized carbons (Fsp3) is 0.190. The molecule has 0 radical (unpaired) electrons. The van der Waals surface area contributed by atoms with Gasteiger partial charge < -0.3 is 14.6 Å². The van der Waals surface area contributed by atoms with Crippen LogP contribution in [0.2, 0.25) is 0 Å². The Morgan fingerprint density at radius 2 is 2.03 bits per heavy atom. The second kappa shape index (κ2) is 8.08. The fourth-order valence-electron chi connectivity index (χ4n) is 3.23. The Morgan fingerprint density at radius 1 is 1.28 bits per heavy atom. The van der Waals surface area contributed by atoms with E-state index in [1.165, 1.54) is 23.9 Å². The quantitative estimate of drug-likeness (QED) is 0.647. The number of hydrogen-bond acceptors (Lipinski definition) is 5. The van der Waals surface area contributed by atoms with Gasteiger partial charge in [0.1, 0.15) is 5.82 Å². The van der Waals surface area contributed by atoms with Crippen LogP contribution in [0, 0.1) is 5.82 Å². The first kappa shape index (κ1) is 19.2. The molecule has 2 heterocycles. The summed E-state index contributed by atoms with van der Waals surface area (Å²) in [5.74, 6) is 0.0185. The monoisotopic (exact) mass is 411 g/mol. The van der Waals surface area contributed by atoms with Gasteiger partial charge in [0.15, 0.2) is 5.76 Å². The number of para-hydroxylation sites is 2. The summed E-state index contributed by atoms with van der Waals surface area (Å²) in [6, 6.07) is 12.9. The number of thioether (sulfide) groups is 1. The van der Waals surface area contributed by atoms with E-state index >= 15 is 0 Å². The van der Waals surface area contributed by atoms with Gasteiger partial charge in [-0.2, -0.15) is 0 Å². The predicted molar refractivity (Wildman–Crippen MR) is 109 cm³/mol. The molecule has 148 valence electrons.